The second kappa shape index (κ2) is 7.15. The van der Waals surface area contributed by atoms with E-state index in [0.29, 0.717) is 11.0 Å². The summed E-state index contributed by atoms with van der Waals surface area (Å²) in [6.45, 7) is 0. The minimum Gasteiger partial charge on any atom is -0.335 e. The van der Waals surface area contributed by atoms with E-state index >= 15 is 0 Å². The summed E-state index contributed by atoms with van der Waals surface area (Å²) in [5, 5.41) is 5.32. The molecule has 0 aliphatic carbocycles. The van der Waals surface area contributed by atoms with Gasteiger partial charge in [0.2, 0.25) is 0 Å². The average Bonchev–Trinajstić information content (AvgIpc) is 2.69. The summed E-state index contributed by atoms with van der Waals surface area (Å²) in [5.41, 5.74) is 0.610. The number of nitrogens with zero attached hydrogens (tertiary/aromatic N) is 2. The van der Waals surface area contributed by atoms with Gasteiger partial charge in [0.1, 0.15) is 0 Å². The highest BCUT2D eigenvalue weighted by atomic mass is 19.2. The molecule has 0 radical (unpaired) electrons. The second-order valence-electron chi connectivity index (χ2n) is 5.86. The highest BCUT2D eigenvalue weighted by Crippen LogP contribution is 2.30. The summed E-state index contributed by atoms with van der Waals surface area (Å²) in [7, 11) is 0. The molecule has 1 aromatic heterocycles. The first-order chi connectivity index (χ1) is 13.5. The van der Waals surface area contributed by atoms with Crippen molar-refractivity contribution < 1.29 is 17.6 Å². The zero-order chi connectivity index (χ0) is 19.7. The van der Waals surface area contributed by atoms with Crippen molar-refractivity contribution in [3.63, 3.8) is 0 Å². The van der Waals surface area contributed by atoms with E-state index in [1.165, 1.54) is 24.3 Å². The molecular formula is C20H12F4N4. The molecule has 0 amide bonds. The van der Waals surface area contributed by atoms with Gasteiger partial charge in [0, 0.05) is 0 Å². The smallest absolute Gasteiger partial charge is 0.182 e. The Morgan fingerprint density at radius 2 is 0.964 bits per heavy atom. The number of fused-ring (bicyclic) bond motifs is 1. The summed E-state index contributed by atoms with van der Waals surface area (Å²) in [6, 6.07) is 14.1. The van der Waals surface area contributed by atoms with Gasteiger partial charge >= 0.3 is 0 Å². The predicted octanol–water partition coefficient (Wildman–Crippen LogP) is 5.67. The molecule has 0 spiro atoms. The molecule has 3 aromatic carbocycles. The van der Waals surface area contributed by atoms with Crippen LogP contribution in [0.4, 0.5) is 40.6 Å². The van der Waals surface area contributed by atoms with Crippen molar-refractivity contribution in [1.82, 2.24) is 9.97 Å². The summed E-state index contributed by atoms with van der Waals surface area (Å²) in [4.78, 5) is 8.70. The first kappa shape index (κ1) is 17.7. The number of hydrogen-bond acceptors (Lipinski definition) is 4. The monoisotopic (exact) mass is 384 g/mol. The maximum Gasteiger partial charge on any atom is 0.182 e. The molecule has 8 heteroatoms. The molecule has 4 nitrogen and oxygen atoms in total. The predicted molar refractivity (Wildman–Crippen MR) is 98.8 cm³/mol. The van der Waals surface area contributed by atoms with Crippen molar-refractivity contribution in [1.29, 1.82) is 0 Å². The minimum atomic E-state index is -1.10. The van der Waals surface area contributed by atoms with E-state index in [-0.39, 0.29) is 23.0 Å². The van der Waals surface area contributed by atoms with Crippen molar-refractivity contribution in [3.05, 3.63) is 83.9 Å². The van der Waals surface area contributed by atoms with Crippen LogP contribution in [0.3, 0.4) is 0 Å². The largest absolute Gasteiger partial charge is 0.335 e. The molecule has 4 aromatic rings. The maximum absolute atomic E-state index is 14.1. The second-order valence-corrected chi connectivity index (χ2v) is 5.86. The fourth-order valence-electron chi connectivity index (χ4n) is 2.63. The van der Waals surface area contributed by atoms with Gasteiger partial charge in [-0.3, -0.25) is 0 Å². The van der Waals surface area contributed by atoms with E-state index in [9.17, 15) is 17.6 Å². The number of benzene rings is 3. The van der Waals surface area contributed by atoms with Crippen molar-refractivity contribution in [3.8, 4) is 0 Å². The quantitative estimate of drug-likeness (QED) is 0.445. The van der Waals surface area contributed by atoms with Gasteiger partial charge in [-0.1, -0.05) is 24.3 Å². The molecule has 1 heterocycles. The number of para-hydroxylation sites is 2. The zero-order valence-electron chi connectivity index (χ0n) is 14.2. The van der Waals surface area contributed by atoms with Crippen LogP contribution in [0.2, 0.25) is 0 Å². The van der Waals surface area contributed by atoms with E-state index in [0.717, 1.165) is 12.1 Å². The first-order valence-corrected chi connectivity index (χ1v) is 8.22. The SMILES string of the molecule is Fc1cccc(Nc2nc3ccccc3nc2Nc2cccc(F)c2F)c1F. The standard InChI is InChI=1S/C20H12F4N4/c21-11-5-3-9-15(17(11)23)27-19-20(26-14-8-2-1-7-13(14)25-19)28-16-10-4-6-12(22)18(16)24/h1-10H,(H,25,27)(H,26,28). The lowest BCUT2D eigenvalue weighted by atomic mass is 10.2. The van der Waals surface area contributed by atoms with Crippen LogP contribution in [0.25, 0.3) is 11.0 Å². The van der Waals surface area contributed by atoms with Gasteiger partial charge in [0.25, 0.3) is 0 Å². The van der Waals surface area contributed by atoms with Crippen LogP contribution in [-0.4, -0.2) is 9.97 Å². The Morgan fingerprint density at radius 1 is 0.536 bits per heavy atom. The van der Waals surface area contributed by atoms with Gasteiger partial charge < -0.3 is 10.6 Å². The Bertz CT molecular complexity index is 1090. The zero-order valence-corrected chi connectivity index (χ0v) is 14.2. The molecule has 140 valence electrons. The van der Waals surface area contributed by atoms with Crippen molar-refractivity contribution in [2.75, 3.05) is 10.6 Å². The number of anilines is 4. The van der Waals surface area contributed by atoms with Gasteiger partial charge in [-0.25, -0.2) is 27.5 Å². The molecule has 0 aliphatic heterocycles. The lowest BCUT2D eigenvalue weighted by Crippen LogP contribution is -2.06. The number of hydrogen-bond donors (Lipinski definition) is 2. The Kier molecular flexibility index (Phi) is 4.52. The highest BCUT2D eigenvalue weighted by Gasteiger charge is 2.16. The first-order valence-electron chi connectivity index (χ1n) is 8.22. The average molecular weight is 384 g/mol. The topological polar surface area (TPSA) is 49.8 Å². The molecule has 0 unspecified atom stereocenters. The number of nitrogens with one attached hydrogen (secondary N) is 2. The van der Waals surface area contributed by atoms with Gasteiger partial charge in [-0.2, -0.15) is 0 Å². The van der Waals surface area contributed by atoms with Crippen LogP contribution in [0.5, 0.6) is 0 Å². The molecule has 0 bridgehead atoms. The van der Waals surface area contributed by atoms with Crippen LogP contribution < -0.4 is 10.6 Å². The molecule has 2 N–H and O–H groups in total. The van der Waals surface area contributed by atoms with Gasteiger partial charge in [0.15, 0.2) is 34.9 Å². The Balaban J connectivity index is 1.82. The molecule has 0 atom stereocenters. The van der Waals surface area contributed by atoms with Crippen LogP contribution in [-0.2, 0) is 0 Å². The van der Waals surface area contributed by atoms with Crippen molar-refractivity contribution >= 4 is 34.0 Å². The summed E-state index contributed by atoms with van der Waals surface area (Å²) in [6.07, 6.45) is 0. The van der Waals surface area contributed by atoms with Crippen LogP contribution in [0, 0.1) is 23.3 Å². The lowest BCUT2D eigenvalue weighted by Gasteiger charge is -2.14. The molecular weight excluding hydrogens is 372 g/mol. The summed E-state index contributed by atoms with van der Waals surface area (Å²) in [5.74, 6) is -4.23. The molecule has 0 fully saturated rings. The van der Waals surface area contributed by atoms with E-state index in [4.69, 9.17) is 0 Å². The Labute approximate surface area is 156 Å². The molecule has 28 heavy (non-hydrogen) atoms. The van der Waals surface area contributed by atoms with Gasteiger partial charge in [0.05, 0.1) is 22.4 Å². The molecule has 4 rings (SSSR count). The number of rotatable bonds is 4. The van der Waals surface area contributed by atoms with Gasteiger partial charge in [-0.05, 0) is 36.4 Å². The fraction of sp³-hybridized carbons (Fsp3) is 0. The number of aromatic nitrogens is 2. The molecule has 0 aliphatic rings. The lowest BCUT2D eigenvalue weighted by molar-refractivity contribution is 0.511. The van der Waals surface area contributed by atoms with Crippen LogP contribution in [0.15, 0.2) is 60.7 Å². The third-order valence-corrected chi connectivity index (χ3v) is 3.98. The minimum absolute atomic E-state index is 0.0202. The summed E-state index contributed by atoms with van der Waals surface area (Å²) < 4.78 is 55.2. The normalized spacial score (nSPS) is 10.9. The molecule has 0 saturated heterocycles. The summed E-state index contributed by atoms with van der Waals surface area (Å²) >= 11 is 0. The van der Waals surface area contributed by atoms with E-state index < -0.39 is 23.3 Å². The van der Waals surface area contributed by atoms with Crippen molar-refractivity contribution in [2.45, 2.75) is 0 Å². The Morgan fingerprint density at radius 3 is 1.39 bits per heavy atom. The third kappa shape index (κ3) is 3.32. The van der Waals surface area contributed by atoms with E-state index in [1.807, 2.05) is 0 Å². The third-order valence-electron chi connectivity index (χ3n) is 3.98. The Hall–Kier alpha value is -3.68. The number of halogens is 4. The maximum atomic E-state index is 14.1. The molecule has 0 saturated carbocycles. The van der Waals surface area contributed by atoms with Gasteiger partial charge in [-0.15, -0.1) is 0 Å². The fourth-order valence-corrected chi connectivity index (χ4v) is 2.63. The van der Waals surface area contributed by atoms with E-state index in [2.05, 4.69) is 20.6 Å². The highest BCUT2D eigenvalue weighted by molar-refractivity contribution is 5.83. The van der Waals surface area contributed by atoms with Crippen LogP contribution >= 0.6 is 0 Å². The van der Waals surface area contributed by atoms with Crippen molar-refractivity contribution in [2.24, 2.45) is 0 Å². The van der Waals surface area contributed by atoms with Crippen LogP contribution in [0.1, 0.15) is 0 Å². The van der Waals surface area contributed by atoms with E-state index in [1.54, 1.807) is 24.3 Å².